The summed E-state index contributed by atoms with van der Waals surface area (Å²) in [5.41, 5.74) is 2.16. The molecule has 146 valence electrons. The predicted octanol–water partition coefficient (Wildman–Crippen LogP) is 3.65. The molecule has 28 heavy (non-hydrogen) atoms. The monoisotopic (exact) mass is 416 g/mol. The molecule has 3 aliphatic rings. The molecule has 0 bridgehead atoms. The molecule has 0 amide bonds. The van der Waals surface area contributed by atoms with Crippen molar-refractivity contribution < 1.29 is 16.8 Å². The minimum atomic E-state index is -4.03. The van der Waals surface area contributed by atoms with E-state index in [0.717, 1.165) is 17.8 Å². The van der Waals surface area contributed by atoms with Crippen LogP contribution in [-0.4, -0.2) is 36.9 Å². The molecule has 0 saturated carbocycles. The molecule has 0 radical (unpaired) electrons. The Kier molecular flexibility index (Phi) is 4.46. The Bertz CT molecular complexity index is 1010. The first-order valence-electron chi connectivity index (χ1n) is 9.26. The topological polar surface area (TPSA) is 68.2 Å². The fourth-order valence-corrected chi connectivity index (χ4v) is 6.04. The van der Waals surface area contributed by atoms with E-state index in [1.807, 2.05) is 35.2 Å². The Balaban J connectivity index is 1.51. The minimum Gasteiger partial charge on any atom is -0.303 e. The van der Waals surface area contributed by atoms with Crippen LogP contribution in [0.25, 0.3) is 0 Å². The molecule has 8 heteroatoms. The zero-order valence-corrected chi connectivity index (χ0v) is 16.9. The molecule has 3 aliphatic heterocycles. The van der Waals surface area contributed by atoms with Crippen molar-refractivity contribution in [2.75, 3.05) is 0 Å². The average molecular weight is 417 g/mol. The van der Waals surface area contributed by atoms with Crippen molar-refractivity contribution in [1.29, 1.82) is 0 Å². The van der Waals surface area contributed by atoms with Crippen molar-refractivity contribution in [3.8, 4) is 0 Å². The molecule has 0 aliphatic carbocycles. The van der Waals surface area contributed by atoms with Crippen molar-refractivity contribution in [3.05, 3.63) is 65.7 Å². The van der Waals surface area contributed by atoms with Crippen LogP contribution < -0.4 is 0 Å². The molecule has 2 aromatic carbocycles. The number of piperidine rings is 1. The molecule has 4 unspecified atom stereocenters. The van der Waals surface area contributed by atoms with E-state index in [4.69, 9.17) is 13.4 Å². The van der Waals surface area contributed by atoms with Gasteiger partial charge in [-0.05, 0) is 37.5 Å². The SMILES string of the molecule is Cc1ccc(SC2CCC3OS(=O)(=O)OC4C(c5ccccc5)N=C2N34)cc1. The van der Waals surface area contributed by atoms with Gasteiger partial charge in [-0.3, -0.25) is 4.99 Å². The van der Waals surface area contributed by atoms with Gasteiger partial charge >= 0.3 is 10.4 Å². The van der Waals surface area contributed by atoms with Crippen LogP contribution in [0.1, 0.15) is 30.0 Å². The Hall–Kier alpha value is -1.87. The number of aliphatic imine (C=N–C) groups is 1. The van der Waals surface area contributed by atoms with Crippen LogP contribution in [0.2, 0.25) is 0 Å². The third-order valence-corrected chi connectivity index (χ3v) is 7.41. The van der Waals surface area contributed by atoms with Crippen LogP contribution in [0.5, 0.6) is 0 Å². The fourth-order valence-electron chi connectivity index (χ4n) is 3.93. The van der Waals surface area contributed by atoms with E-state index in [0.29, 0.717) is 6.42 Å². The normalized spacial score (nSPS) is 30.6. The summed E-state index contributed by atoms with van der Waals surface area (Å²) in [5, 5.41) is 0.128. The second-order valence-corrected chi connectivity index (χ2v) is 9.67. The van der Waals surface area contributed by atoms with Crippen LogP contribution in [0.3, 0.4) is 0 Å². The molecular weight excluding hydrogens is 396 g/mol. The third-order valence-electron chi connectivity index (χ3n) is 5.24. The second-order valence-electron chi connectivity index (χ2n) is 7.19. The lowest BCUT2D eigenvalue weighted by Crippen LogP contribution is -2.57. The highest BCUT2D eigenvalue weighted by molar-refractivity contribution is 8.00. The van der Waals surface area contributed by atoms with Gasteiger partial charge in [-0.15, -0.1) is 11.8 Å². The fraction of sp³-hybridized carbons (Fsp3) is 0.350. The number of thioether (sulfide) groups is 1. The molecule has 6 nitrogen and oxygen atoms in total. The minimum absolute atomic E-state index is 0.128. The first-order chi connectivity index (χ1) is 13.5. The zero-order valence-electron chi connectivity index (χ0n) is 15.3. The Morgan fingerprint density at radius 2 is 1.79 bits per heavy atom. The van der Waals surface area contributed by atoms with E-state index < -0.39 is 28.9 Å². The summed E-state index contributed by atoms with van der Waals surface area (Å²) in [6, 6.07) is 17.7. The maximum Gasteiger partial charge on any atom is 0.404 e. The van der Waals surface area contributed by atoms with E-state index in [1.165, 1.54) is 10.5 Å². The highest BCUT2D eigenvalue weighted by atomic mass is 32.3. The van der Waals surface area contributed by atoms with Gasteiger partial charge in [0.05, 0.1) is 5.25 Å². The molecular formula is C20H20N2O4S2. The molecule has 2 aromatic rings. The summed E-state index contributed by atoms with van der Waals surface area (Å²) in [5.74, 6) is 0.857. The number of amidine groups is 1. The molecule has 0 aromatic heterocycles. The number of aryl methyl sites for hydroxylation is 1. The summed E-state index contributed by atoms with van der Waals surface area (Å²) in [6.07, 6.45) is 0.166. The van der Waals surface area contributed by atoms with Gasteiger partial charge in [0.15, 0.2) is 12.5 Å². The molecule has 3 heterocycles. The molecule has 0 N–H and O–H groups in total. The maximum absolute atomic E-state index is 12.1. The molecule has 0 spiro atoms. The number of benzene rings is 2. The van der Waals surface area contributed by atoms with E-state index >= 15 is 0 Å². The summed E-state index contributed by atoms with van der Waals surface area (Å²) in [4.78, 5) is 8.03. The van der Waals surface area contributed by atoms with Crippen molar-refractivity contribution in [2.45, 2.75) is 48.4 Å². The van der Waals surface area contributed by atoms with Crippen molar-refractivity contribution >= 4 is 28.0 Å². The van der Waals surface area contributed by atoms with E-state index in [9.17, 15) is 8.42 Å². The van der Waals surface area contributed by atoms with Crippen LogP contribution >= 0.6 is 11.8 Å². The highest BCUT2D eigenvalue weighted by Gasteiger charge is 2.53. The van der Waals surface area contributed by atoms with Gasteiger partial charge in [0, 0.05) is 4.90 Å². The number of nitrogens with zero attached hydrogens (tertiary/aromatic N) is 2. The number of hydrogen-bond donors (Lipinski definition) is 0. The van der Waals surface area contributed by atoms with E-state index in [-0.39, 0.29) is 5.25 Å². The molecule has 4 atom stereocenters. The summed E-state index contributed by atoms with van der Waals surface area (Å²) < 4.78 is 34.9. The van der Waals surface area contributed by atoms with Gasteiger partial charge in [0.25, 0.3) is 0 Å². The first kappa shape index (κ1) is 18.2. The lowest BCUT2D eigenvalue weighted by atomic mass is 10.1. The van der Waals surface area contributed by atoms with Crippen LogP contribution in [0.4, 0.5) is 0 Å². The standard InChI is InChI=1S/C20H20N2O4S2/c1-13-7-9-15(10-8-13)27-16-11-12-17-22-19(16)21-18(14-5-3-2-4-6-14)20(22)26-28(23,24)25-17/h2-10,16-18,20H,11-12H2,1H3. The zero-order chi connectivity index (χ0) is 19.3. The third kappa shape index (κ3) is 3.24. The largest absolute Gasteiger partial charge is 0.404 e. The van der Waals surface area contributed by atoms with Crippen LogP contribution in [-0.2, 0) is 18.8 Å². The van der Waals surface area contributed by atoms with Crippen LogP contribution in [0, 0.1) is 6.92 Å². The van der Waals surface area contributed by atoms with Crippen molar-refractivity contribution in [2.24, 2.45) is 4.99 Å². The van der Waals surface area contributed by atoms with Gasteiger partial charge in [0.2, 0.25) is 0 Å². The van der Waals surface area contributed by atoms with E-state index in [1.54, 1.807) is 11.8 Å². The Morgan fingerprint density at radius 1 is 1.04 bits per heavy atom. The van der Waals surface area contributed by atoms with Crippen molar-refractivity contribution in [1.82, 2.24) is 4.90 Å². The summed E-state index contributed by atoms with van der Waals surface area (Å²) >= 11 is 1.75. The number of rotatable bonds is 3. The molecule has 2 saturated heterocycles. The lowest BCUT2D eigenvalue weighted by Gasteiger charge is -2.43. The summed E-state index contributed by atoms with van der Waals surface area (Å²) in [7, 11) is -4.03. The van der Waals surface area contributed by atoms with Gasteiger partial charge in [-0.25, -0.2) is 8.37 Å². The Labute approximate surface area is 168 Å². The van der Waals surface area contributed by atoms with Gasteiger partial charge < -0.3 is 4.90 Å². The van der Waals surface area contributed by atoms with Crippen LogP contribution in [0.15, 0.2) is 64.5 Å². The predicted molar refractivity (Wildman–Crippen MR) is 107 cm³/mol. The van der Waals surface area contributed by atoms with Gasteiger partial charge in [0.1, 0.15) is 11.9 Å². The average Bonchev–Trinajstić information content (AvgIpc) is 3.05. The highest BCUT2D eigenvalue weighted by Crippen LogP contribution is 2.45. The smallest absolute Gasteiger partial charge is 0.303 e. The van der Waals surface area contributed by atoms with E-state index in [2.05, 4.69) is 31.2 Å². The van der Waals surface area contributed by atoms with Gasteiger partial charge in [-0.2, -0.15) is 8.42 Å². The quantitative estimate of drug-likeness (QED) is 0.761. The summed E-state index contributed by atoms with van der Waals surface area (Å²) in [6.45, 7) is 2.07. The van der Waals surface area contributed by atoms with Gasteiger partial charge in [-0.1, -0.05) is 48.0 Å². The first-order valence-corrected chi connectivity index (χ1v) is 11.5. The maximum atomic E-state index is 12.1. The Morgan fingerprint density at radius 3 is 2.54 bits per heavy atom. The second kappa shape index (κ2) is 6.88. The molecule has 2 fully saturated rings. The number of hydrogen-bond acceptors (Lipinski definition) is 7. The lowest BCUT2D eigenvalue weighted by molar-refractivity contribution is -0.0859. The molecule has 5 rings (SSSR count). The van der Waals surface area contributed by atoms with Crippen molar-refractivity contribution in [3.63, 3.8) is 0 Å².